The summed E-state index contributed by atoms with van der Waals surface area (Å²) < 4.78 is 4.94. The Balaban J connectivity index is 2.02. The van der Waals surface area contributed by atoms with Crippen molar-refractivity contribution in [1.29, 1.82) is 0 Å². The summed E-state index contributed by atoms with van der Waals surface area (Å²) in [5, 5.41) is 12.9. The quantitative estimate of drug-likeness (QED) is 0.800. The Labute approximate surface area is 97.5 Å². The van der Waals surface area contributed by atoms with Gasteiger partial charge >= 0.3 is 0 Å². The highest BCUT2D eigenvalue weighted by Gasteiger charge is 2.05. The largest absolute Gasteiger partial charge is 0.383 e. The van der Waals surface area contributed by atoms with Crippen molar-refractivity contribution in [2.75, 3.05) is 25.6 Å². The lowest BCUT2D eigenvalue weighted by molar-refractivity contribution is 0.211. The molecule has 0 unspecified atom stereocenters. The van der Waals surface area contributed by atoms with E-state index in [9.17, 15) is 0 Å². The van der Waals surface area contributed by atoms with E-state index >= 15 is 0 Å². The molecule has 2 rings (SSSR count). The Hall–Kier alpha value is -1.53. The molecule has 0 radical (unpaired) electrons. The lowest BCUT2D eigenvalue weighted by atomic mass is 10.3. The molecular formula is C10H12N4OS. The van der Waals surface area contributed by atoms with Gasteiger partial charge in [-0.2, -0.15) is 0 Å². The van der Waals surface area contributed by atoms with Crippen LogP contribution in [0, 0.1) is 0 Å². The van der Waals surface area contributed by atoms with Crippen molar-refractivity contribution in [2.24, 2.45) is 0 Å². The van der Waals surface area contributed by atoms with Gasteiger partial charge in [-0.25, -0.2) is 0 Å². The van der Waals surface area contributed by atoms with Crippen molar-refractivity contribution in [1.82, 2.24) is 15.2 Å². The number of aromatic nitrogens is 3. The molecule has 2 aromatic heterocycles. The molecule has 1 N–H and O–H groups in total. The predicted octanol–water partition coefficient (Wildman–Crippen LogP) is 1.66. The molecule has 84 valence electrons. The Morgan fingerprint density at radius 1 is 1.44 bits per heavy atom. The van der Waals surface area contributed by atoms with E-state index in [1.54, 1.807) is 19.5 Å². The van der Waals surface area contributed by atoms with E-state index in [-0.39, 0.29) is 0 Å². The summed E-state index contributed by atoms with van der Waals surface area (Å²) in [6.07, 6.45) is 3.52. The smallest absolute Gasteiger partial charge is 0.206 e. The molecule has 2 aromatic rings. The summed E-state index contributed by atoms with van der Waals surface area (Å²) in [5.74, 6) is 0. The molecule has 16 heavy (non-hydrogen) atoms. The van der Waals surface area contributed by atoms with Crippen LogP contribution in [0.3, 0.4) is 0 Å². The first-order valence-electron chi connectivity index (χ1n) is 4.87. The molecule has 0 aromatic carbocycles. The predicted molar refractivity (Wildman–Crippen MR) is 63.5 cm³/mol. The lowest BCUT2D eigenvalue weighted by Crippen LogP contribution is -2.06. The zero-order valence-corrected chi connectivity index (χ0v) is 9.70. The van der Waals surface area contributed by atoms with Crippen LogP contribution in [-0.2, 0) is 4.74 Å². The van der Waals surface area contributed by atoms with Crippen molar-refractivity contribution >= 4 is 16.5 Å². The van der Waals surface area contributed by atoms with Crippen molar-refractivity contribution < 1.29 is 4.74 Å². The minimum Gasteiger partial charge on any atom is -0.383 e. The van der Waals surface area contributed by atoms with Crippen LogP contribution in [0.2, 0.25) is 0 Å². The molecule has 0 saturated heterocycles. The van der Waals surface area contributed by atoms with Gasteiger partial charge in [-0.15, -0.1) is 10.2 Å². The third-order valence-corrected chi connectivity index (χ3v) is 2.85. The van der Waals surface area contributed by atoms with Crippen LogP contribution >= 0.6 is 11.3 Å². The van der Waals surface area contributed by atoms with Crippen LogP contribution in [0.25, 0.3) is 10.6 Å². The first-order valence-corrected chi connectivity index (χ1v) is 5.68. The summed E-state index contributed by atoms with van der Waals surface area (Å²) in [7, 11) is 1.67. The van der Waals surface area contributed by atoms with Crippen LogP contribution in [0.5, 0.6) is 0 Å². The summed E-state index contributed by atoms with van der Waals surface area (Å²) in [6, 6.07) is 3.85. The fraction of sp³-hybridized carbons (Fsp3) is 0.300. The van der Waals surface area contributed by atoms with Gasteiger partial charge in [0.05, 0.1) is 6.61 Å². The molecule has 0 fully saturated rings. The number of rotatable bonds is 5. The van der Waals surface area contributed by atoms with E-state index in [0.29, 0.717) is 6.61 Å². The fourth-order valence-electron chi connectivity index (χ4n) is 1.16. The van der Waals surface area contributed by atoms with Crippen molar-refractivity contribution in [3.05, 3.63) is 24.5 Å². The summed E-state index contributed by atoms with van der Waals surface area (Å²) >= 11 is 1.51. The molecule has 0 saturated carbocycles. The van der Waals surface area contributed by atoms with Gasteiger partial charge in [-0.05, 0) is 12.1 Å². The van der Waals surface area contributed by atoms with Crippen LogP contribution in [0.4, 0.5) is 5.13 Å². The number of pyridine rings is 1. The van der Waals surface area contributed by atoms with Gasteiger partial charge in [0.1, 0.15) is 0 Å². The van der Waals surface area contributed by atoms with E-state index < -0.39 is 0 Å². The van der Waals surface area contributed by atoms with Crippen LogP contribution in [-0.4, -0.2) is 35.4 Å². The average molecular weight is 236 g/mol. The second kappa shape index (κ2) is 5.53. The molecule has 0 amide bonds. The molecule has 0 aliphatic rings. The molecule has 0 bridgehead atoms. The third kappa shape index (κ3) is 2.74. The van der Waals surface area contributed by atoms with E-state index in [1.807, 2.05) is 12.1 Å². The van der Waals surface area contributed by atoms with E-state index in [4.69, 9.17) is 4.74 Å². The number of anilines is 1. The standard InChI is InChI=1S/C10H12N4OS/c1-15-6-5-12-10-14-13-9(16-10)8-3-2-4-11-7-8/h2-4,7H,5-6H2,1H3,(H,12,14). The monoisotopic (exact) mass is 236 g/mol. The molecule has 2 heterocycles. The molecule has 5 nitrogen and oxygen atoms in total. The van der Waals surface area contributed by atoms with Crippen molar-refractivity contribution in [2.45, 2.75) is 0 Å². The Morgan fingerprint density at radius 2 is 2.38 bits per heavy atom. The minimum atomic E-state index is 0.655. The Morgan fingerprint density at radius 3 is 3.12 bits per heavy atom. The second-order valence-electron chi connectivity index (χ2n) is 3.07. The number of nitrogens with zero attached hydrogens (tertiary/aromatic N) is 3. The van der Waals surface area contributed by atoms with Crippen LogP contribution in [0.1, 0.15) is 0 Å². The first kappa shape index (κ1) is 11.0. The zero-order chi connectivity index (χ0) is 11.2. The number of hydrogen-bond donors (Lipinski definition) is 1. The fourth-order valence-corrected chi connectivity index (χ4v) is 1.92. The highest BCUT2D eigenvalue weighted by molar-refractivity contribution is 7.18. The van der Waals surface area contributed by atoms with Gasteiger partial charge in [0.2, 0.25) is 5.13 Å². The molecular weight excluding hydrogens is 224 g/mol. The van der Waals surface area contributed by atoms with Crippen LogP contribution in [0.15, 0.2) is 24.5 Å². The van der Waals surface area contributed by atoms with Gasteiger partial charge in [0.25, 0.3) is 0 Å². The van der Waals surface area contributed by atoms with Gasteiger partial charge < -0.3 is 10.1 Å². The normalized spacial score (nSPS) is 10.3. The minimum absolute atomic E-state index is 0.655. The lowest BCUT2D eigenvalue weighted by Gasteiger charge is -1.98. The molecule has 0 spiro atoms. The van der Waals surface area contributed by atoms with E-state index in [1.165, 1.54) is 11.3 Å². The van der Waals surface area contributed by atoms with Crippen molar-refractivity contribution in [3.63, 3.8) is 0 Å². The summed E-state index contributed by atoms with van der Waals surface area (Å²) in [4.78, 5) is 4.04. The van der Waals surface area contributed by atoms with Gasteiger partial charge in [-0.1, -0.05) is 11.3 Å². The topological polar surface area (TPSA) is 59.9 Å². The van der Waals surface area contributed by atoms with Gasteiger partial charge in [0.15, 0.2) is 5.01 Å². The first-order chi connectivity index (χ1) is 7.90. The van der Waals surface area contributed by atoms with Crippen LogP contribution < -0.4 is 5.32 Å². The number of ether oxygens (including phenoxy) is 1. The molecule has 6 heteroatoms. The Bertz CT molecular complexity index is 431. The summed E-state index contributed by atoms with van der Waals surface area (Å²) in [5.41, 5.74) is 0.986. The maximum Gasteiger partial charge on any atom is 0.206 e. The molecule has 0 atom stereocenters. The number of hydrogen-bond acceptors (Lipinski definition) is 6. The summed E-state index contributed by atoms with van der Waals surface area (Å²) in [6.45, 7) is 1.39. The zero-order valence-electron chi connectivity index (χ0n) is 8.88. The maximum absolute atomic E-state index is 4.94. The number of methoxy groups -OCH3 is 1. The SMILES string of the molecule is COCCNc1nnc(-c2cccnc2)s1. The highest BCUT2D eigenvalue weighted by Crippen LogP contribution is 2.24. The van der Waals surface area contributed by atoms with Gasteiger partial charge in [0, 0.05) is 31.6 Å². The third-order valence-electron chi connectivity index (χ3n) is 1.92. The number of nitrogens with one attached hydrogen (secondary N) is 1. The van der Waals surface area contributed by atoms with Gasteiger partial charge in [-0.3, -0.25) is 4.98 Å². The average Bonchev–Trinajstić information content (AvgIpc) is 2.79. The Kier molecular flexibility index (Phi) is 3.79. The van der Waals surface area contributed by atoms with Crippen molar-refractivity contribution in [3.8, 4) is 10.6 Å². The van der Waals surface area contributed by atoms with E-state index in [0.717, 1.165) is 22.2 Å². The van der Waals surface area contributed by atoms with E-state index in [2.05, 4.69) is 20.5 Å². The molecule has 0 aliphatic carbocycles. The molecule has 0 aliphatic heterocycles. The second-order valence-corrected chi connectivity index (χ2v) is 4.05. The highest BCUT2D eigenvalue weighted by atomic mass is 32.1. The maximum atomic E-state index is 4.94.